The van der Waals surface area contributed by atoms with Crippen LogP contribution in [0.2, 0.25) is 39.6 Å². The molecule has 0 amide bonds. The first-order valence-corrected chi connectivity index (χ1v) is 23.8. The SMILES string of the molecule is CC(C)c1cc(C(C)C)c([Se][C@@H]2[C@H](O[Si](C(C)C)(C(C)C)C(C)C)[C@H](CO[Si](C)(C)C(C)(C)C)O[C@H]2C)c(C(C)C)c1. The van der Waals surface area contributed by atoms with Crippen molar-refractivity contribution in [3.8, 4) is 0 Å². The third-order valence-electron chi connectivity index (χ3n) is 10.3. The van der Waals surface area contributed by atoms with Crippen molar-refractivity contribution in [2.24, 2.45) is 0 Å². The molecule has 1 aromatic carbocycles. The zero-order valence-electron chi connectivity index (χ0n) is 30.8. The molecule has 0 aliphatic carbocycles. The molecule has 6 heteroatoms. The van der Waals surface area contributed by atoms with Crippen LogP contribution in [0.25, 0.3) is 0 Å². The molecule has 1 aliphatic rings. The molecule has 1 aromatic rings. The summed E-state index contributed by atoms with van der Waals surface area (Å²) in [6, 6.07) is 5.03. The van der Waals surface area contributed by atoms with Crippen LogP contribution in [0.4, 0.5) is 0 Å². The molecule has 0 saturated carbocycles. The Bertz CT molecular complexity index is 959. The van der Waals surface area contributed by atoms with Crippen LogP contribution < -0.4 is 4.46 Å². The molecule has 0 aromatic heterocycles. The van der Waals surface area contributed by atoms with Crippen molar-refractivity contribution in [1.82, 2.24) is 0 Å². The number of benzene rings is 1. The van der Waals surface area contributed by atoms with E-state index in [1.165, 1.54) is 16.7 Å². The van der Waals surface area contributed by atoms with Crippen molar-refractivity contribution in [2.75, 3.05) is 6.61 Å². The van der Waals surface area contributed by atoms with E-state index in [4.69, 9.17) is 13.6 Å². The van der Waals surface area contributed by atoms with E-state index < -0.39 is 16.6 Å². The van der Waals surface area contributed by atoms with Crippen LogP contribution in [0.15, 0.2) is 12.1 Å². The van der Waals surface area contributed by atoms with E-state index in [1.54, 1.807) is 4.46 Å². The second-order valence-corrected chi connectivity index (χ2v) is 29.1. The molecule has 1 aliphatic heterocycles. The molecule has 0 spiro atoms. The molecule has 1 heterocycles. The van der Waals surface area contributed by atoms with Gasteiger partial charge in [0.1, 0.15) is 0 Å². The average molecular weight is 684 g/mol. The number of hydrogen-bond acceptors (Lipinski definition) is 3. The molecule has 0 N–H and O–H groups in total. The minimum absolute atomic E-state index is 0.0240. The molecular weight excluding hydrogens is 616 g/mol. The Morgan fingerprint density at radius 2 is 1.24 bits per heavy atom. The standard InChI is InChI=1S/C36H68O3SeSi2/c1-22(2)29-19-30(23(3)4)35(31(20-29)24(5)6)40-34-28(13)38-32(21-37-41(17,18)36(14,15)16)33(34)39-42(25(7)8,26(9)10)27(11)12/h19-20,22-28,32-34H,21H2,1-18H3/t28-,32-,33+,34-/m0/s1. The Balaban J connectivity index is 2.69. The van der Waals surface area contributed by atoms with Gasteiger partial charge in [0.25, 0.3) is 0 Å². The van der Waals surface area contributed by atoms with Crippen LogP contribution in [0.1, 0.15) is 145 Å². The minimum atomic E-state index is -2.14. The molecule has 4 atom stereocenters. The number of hydrogen-bond donors (Lipinski definition) is 0. The quantitative estimate of drug-likeness (QED) is 0.194. The van der Waals surface area contributed by atoms with E-state index in [-0.39, 0.29) is 38.3 Å². The van der Waals surface area contributed by atoms with Gasteiger partial charge in [-0.15, -0.1) is 0 Å². The second kappa shape index (κ2) is 14.6. The Kier molecular flexibility index (Phi) is 13.3. The van der Waals surface area contributed by atoms with Crippen LogP contribution >= 0.6 is 0 Å². The van der Waals surface area contributed by atoms with Crippen molar-refractivity contribution in [3.63, 3.8) is 0 Å². The Hall–Kier alpha value is 0.0532. The van der Waals surface area contributed by atoms with Crippen molar-refractivity contribution < 1.29 is 13.6 Å². The fourth-order valence-corrected chi connectivity index (χ4v) is 17.2. The Morgan fingerprint density at radius 3 is 1.60 bits per heavy atom. The van der Waals surface area contributed by atoms with Crippen molar-refractivity contribution in [3.05, 3.63) is 28.8 Å². The van der Waals surface area contributed by atoms with Gasteiger partial charge in [-0.05, 0) is 0 Å². The summed E-state index contributed by atoms with van der Waals surface area (Å²) in [5.41, 5.74) is 6.15. The van der Waals surface area contributed by atoms with E-state index in [0.29, 0.717) is 45.8 Å². The number of ether oxygens (including phenoxy) is 1. The maximum absolute atomic E-state index is 7.73. The van der Waals surface area contributed by atoms with Crippen LogP contribution in [-0.4, -0.2) is 56.5 Å². The first-order chi connectivity index (χ1) is 19.1. The zero-order valence-corrected chi connectivity index (χ0v) is 34.5. The normalized spacial score (nSPS) is 22.7. The molecule has 0 bridgehead atoms. The summed E-state index contributed by atoms with van der Waals surface area (Å²) >= 11 is 0.218. The van der Waals surface area contributed by atoms with E-state index in [2.05, 4.69) is 136 Å². The average Bonchev–Trinajstić information content (AvgIpc) is 3.12. The molecular formula is C36H68O3SeSi2. The van der Waals surface area contributed by atoms with Gasteiger partial charge in [-0.3, -0.25) is 0 Å². The van der Waals surface area contributed by atoms with Crippen LogP contribution in [0.5, 0.6) is 0 Å². The van der Waals surface area contributed by atoms with E-state index in [9.17, 15) is 0 Å². The fraction of sp³-hybridized carbons (Fsp3) is 0.833. The van der Waals surface area contributed by atoms with Crippen molar-refractivity contribution in [2.45, 2.75) is 186 Å². The molecule has 42 heavy (non-hydrogen) atoms. The van der Waals surface area contributed by atoms with Gasteiger partial charge in [0.15, 0.2) is 0 Å². The first kappa shape index (κ1) is 38.2. The molecule has 1 fully saturated rings. The maximum atomic E-state index is 7.73. The zero-order chi connectivity index (χ0) is 32.5. The van der Waals surface area contributed by atoms with Gasteiger partial charge >= 0.3 is 271 Å². The van der Waals surface area contributed by atoms with Gasteiger partial charge < -0.3 is 0 Å². The van der Waals surface area contributed by atoms with Gasteiger partial charge in [0, 0.05) is 0 Å². The molecule has 244 valence electrons. The summed E-state index contributed by atoms with van der Waals surface area (Å²) < 4.78 is 23.1. The Morgan fingerprint density at radius 1 is 0.786 bits per heavy atom. The summed E-state index contributed by atoms with van der Waals surface area (Å²) in [6.07, 6.45) is 0.184. The first-order valence-electron chi connectivity index (χ1n) is 16.9. The molecule has 2 rings (SSSR count). The summed E-state index contributed by atoms with van der Waals surface area (Å²) in [5, 5.41) is 0.166. The van der Waals surface area contributed by atoms with Gasteiger partial charge in [0.2, 0.25) is 0 Å². The monoisotopic (exact) mass is 684 g/mol. The second-order valence-electron chi connectivity index (χ2n) is 16.4. The van der Waals surface area contributed by atoms with Gasteiger partial charge in [-0.1, -0.05) is 0 Å². The molecule has 3 nitrogen and oxygen atoms in total. The summed E-state index contributed by atoms with van der Waals surface area (Å²) in [7, 11) is -4.07. The van der Waals surface area contributed by atoms with Crippen molar-refractivity contribution >= 4 is 36.1 Å². The van der Waals surface area contributed by atoms with Crippen LogP contribution in [-0.2, 0) is 13.6 Å². The fourth-order valence-electron chi connectivity index (χ4n) is 6.66. The molecule has 0 unspecified atom stereocenters. The van der Waals surface area contributed by atoms with Gasteiger partial charge in [-0.2, -0.15) is 0 Å². The van der Waals surface area contributed by atoms with E-state index in [0.717, 1.165) is 0 Å². The van der Waals surface area contributed by atoms with E-state index >= 15 is 0 Å². The van der Waals surface area contributed by atoms with E-state index in [1.807, 2.05) is 0 Å². The number of rotatable bonds is 13. The summed E-state index contributed by atoms with van der Waals surface area (Å²) in [6.45, 7) is 43.2. The summed E-state index contributed by atoms with van der Waals surface area (Å²) in [5.74, 6) is 1.50. The Labute approximate surface area is 270 Å². The third-order valence-corrected chi connectivity index (χ3v) is 24.4. The van der Waals surface area contributed by atoms with Crippen molar-refractivity contribution in [1.29, 1.82) is 0 Å². The van der Waals surface area contributed by atoms with Crippen LogP contribution in [0.3, 0.4) is 0 Å². The van der Waals surface area contributed by atoms with Gasteiger partial charge in [0.05, 0.1) is 0 Å². The molecule has 0 radical (unpaired) electrons. The van der Waals surface area contributed by atoms with Gasteiger partial charge in [-0.25, -0.2) is 0 Å². The topological polar surface area (TPSA) is 27.7 Å². The predicted molar refractivity (Wildman–Crippen MR) is 191 cm³/mol. The summed E-state index contributed by atoms with van der Waals surface area (Å²) in [4.78, 5) is 0.355. The third kappa shape index (κ3) is 8.25. The van der Waals surface area contributed by atoms with Crippen LogP contribution in [0, 0.1) is 0 Å². The predicted octanol–water partition coefficient (Wildman–Crippen LogP) is 10.5. The molecule has 1 saturated heterocycles.